The molecular weight excluding hydrogens is 394 g/mol. The third-order valence-electron chi connectivity index (χ3n) is 6.60. The van der Waals surface area contributed by atoms with Crippen molar-refractivity contribution in [2.24, 2.45) is 0 Å². The molecule has 0 saturated carbocycles. The first-order valence-electron chi connectivity index (χ1n) is 10.9. The van der Waals surface area contributed by atoms with Gasteiger partial charge in [0.2, 0.25) is 5.91 Å². The molecule has 5 rings (SSSR count). The first kappa shape index (κ1) is 19.7. The molecule has 0 unspecified atom stereocenters. The number of ether oxygens (including phenoxy) is 1. The van der Waals surface area contributed by atoms with E-state index in [0.717, 1.165) is 50.0 Å². The number of aromatic hydroxyl groups is 1. The monoisotopic (exact) mass is 421 g/mol. The molecule has 2 N–H and O–H groups in total. The van der Waals surface area contributed by atoms with Crippen LogP contribution in [0.25, 0.3) is 0 Å². The van der Waals surface area contributed by atoms with Crippen molar-refractivity contribution < 1.29 is 19.4 Å². The molecule has 7 heteroatoms. The second kappa shape index (κ2) is 7.80. The summed E-state index contributed by atoms with van der Waals surface area (Å²) in [6.07, 6.45) is 4.17. The van der Waals surface area contributed by atoms with Gasteiger partial charge in [-0.2, -0.15) is 0 Å². The van der Waals surface area contributed by atoms with Gasteiger partial charge in [0.05, 0.1) is 7.11 Å². The number of benzene rings is 2. The Morgan fingerprint density at radius 1 is 1.13 bits per heavy atom. The smallest absolute Gasteiger partial charge is 0.251 e. The van der Waals surface area contributed by atoms with Gasteiger partial charge >= 0.3 is 0 Å². The van der Waals surface area contributed by atoms with Crippen molar-refractivity contribution in [3.8, 4) is 11.5 Å². The van der Waals surface area contributed by atoms with E-state index in [2.05, 4.69) is 10.2 Å². The maximum absolute atomic E-state index is 13.4. The van der Waals surface area contributed by atoms with Crippen LogP contribution in [-0.4, -0.2) is 48.6 Å². The minimum Gasteiger partial charge on any atom is -0.507 e. The molecular formula is C24H27N3O4. The lowest BCUT2D eigenvalue weighted by Crippen LogP contribution is -2.49. The lowest BCUT2D eigenvalue weighted by Gasteiger charge is -2.41. The highest BCUT2D eigenvalue weighted by atomic mass is 16.5. The lowest BCUT2D eigenvalue weighted by molar-refractivity contribution is -0.147. The van der Waals surface area contributed by atoms with Crippen molar-refractivity contribution in [3.05, 3.63) is 47.0 Å². The fourth-order valence-electron chi connectivity index (χ4n) is 5.04. The molecule has 3 aliphatic rings. The number of likely N-dealkylation sites (tertiary alicyclic amines) is 1. The van der Waals surface area contributed by atoms with Crippen LogP contribution >= 0.6 is 0 Å². The topological polar surface area (TPSA) is 82.1 Å². The zero-order valence-corrected chi connectivity index (χ0v) is 17.7. The summed E-state index contributed by atoms with van der Waals surface area (Å²) in [4.78, 5) is 29.7. The Bertz CT molecular complexity index is 1050. The van der Waals surface area contributed by atoms with Crippen LogP contribution < -0.4 is 15.0 Å². The van der Waals surface area contributed by atoms with Crippen LogP contribution in [0.1, 0.15) is 42.0 Å². The number of phenols is 1. The fraction of sp³-hybridized carbons (Fsp3) is 0.417. The Morgan fingerprint density at radius 2 is 1.94 bits per heavy atom. The van der Waals surface area contributed by atoms with Crippen LogP contribution in [0.4, 0.5) is 11.4 Å². The van der Waals surface area contributed by atoms with Gasteiger partial charge in [-0.25, -0.2) is 0 Å². The Kier molecular flexibility index (Phi) is 4.96. The van der Waals surface area contributed by atoms with E-state index in [1.165, 1.54) is 5.56 Å². The van der Waals surface area contributed by atoms with E-state index >= 15 is 0 Å². The maximum Gasteiger partial charge on any atom is 0.251 e. The van der Waals surface area contributed by atoms with Crippen LogP contribution in [0.3, 0.4) is 0 Å². The third-order valence-corrected chi connectivity index (χ3v) is 6.60. The van der Waals surface area contributed by atoms with Crippen LogP contribution in [0.5, 0.6) is 11.5 Å². The summed E-state index contributed by atoms with van der Waals surface area (Å²) in [5, 5.41) is 14.2. The Morgan fingerprint density at radius 3 is 2.65 bits per heavy atom. The number of hydrogen-bond donors (Lipinski definition) is 2. The molecule has 3 heterocycles. The van der Waals surface area contributed by atoms with E-state index in [4.69, 9.17) is 4.74 Å². The van der Waals surface area contributed by atoms with Gasteiger partial charge in [-0.1, -0.05) is 6.07 Å². The fourth-order valence-corrected chi connectivity index (χ4v) is 5.04. The second-order valence-electron chi connectivity index (χ2n) is 8.46. The van der Waals surface area contributed by atoms with E-state index in [1.807, 2.05) is 6.07 Å². The number of β-lactam (4-membered cyclic amide) rings is 1. The summed E-state index contributed by atoms with van der Waals surface area (Å²) in [6, 6.07) is 8.22. The number of hydrogen-bond acceptors (Lipinski definition) is 5. The van der Waals surface area contributed by atoms with Gasteiger partial charge in [-0.05, 0) is 49.4 Å². The number of phenolic OH excluding ortho intramolecular Hbond substituents is 1. The zero-order chi connectivity index (χ0) is 21.5. The standard InChI is InChI=1S/C24H27N3O4/c1-31-17-7-2-6-16(14-17)25-24(30)22(27-12-9-20(27)28)19-13-15-5-3-10-26-11-4-8-18(21(15)26)23(19)29/h2,6-7,13-14,22,29H,3-5,8-12H2,1H3,(H,25,30)/t22-/m0/s1. The van der Waals surface area contributed by atoms with Crippen LogP contribution in [0, 0.1) is 0 Å². The largest absolute Gasteiger partial charge is 0.507 e. The number of carbonyl (C=O) groups is 2. The number of anilines is 2. The van der Waals surface area contributed by atoms with Gasteiger partial charge in [-0.3, -0.25) is 9.59 Å². The molecule has 31 heavy (non-hydrogen) atoms. The molecule has 7 nitrogen and oxygen atoms in total. The summed E-state index contributed by atoms with van der Waals surface area (Å²) >= 11 is 0. The molecule has 0 aromatic heterocycles. The predicted molar refractivity (Wildman–Crippen MR) is 118 cm³/mol. The SMILES string of the molecule is COc1cccc(NC(=O)[C@H](c2cc3c4c(c2O)CCCN4CCC3)N2CCC2=O)c1. The van der Waals surface area contributed by atoms with Crippen LogP contribution in [-0.2, 0) is 22.4 Å². The summed E-state index contributed by atoms with van der Waals surface area (Å²) in [5.74, 6) is 0.400. The Hall–Kier alpha value is -3.22. The van der Waals surface area contributed by atoms with Crippen molar-refractivity contribution in [1.29, 1.82) is 0 Å². The van der Waals surface area contributed by atoms with Gasteiger partial charge in [0.1, 0.15) is 17.5 Å². The molecule has 0 aliphatic carbocycles. The molecule has 3 aliphatic heterocycles. The Labute approximate surface area is 181 Å². The first-order chi connectivity index (χ1) is 15.1. The first-order valence-corrected chi connectivity index (χ1v) is 10.9. The minimum atomic E-state index is -0.855. The zero-order valence-electron chi connectivity index (χ0n) is 17.7. The number of rotatable bonds is 5. The van der Waals surface area contributed by atoms with Crippen molar-refractivity contribution in [1.82, 2.24) is 4.90 Å². The molecule has 2 aromatic rings. The van der Waals surface area contributed by atoms with E-state index in [-0.39, 0.29) is 17.6 Å². The molecule has 1 saturated heterocycles. The predicted octanol–water partition coefficient (Wildman–Crippen LogP) is 3.01. The number of nitrogens with zero attached hydrogens (tertiary/aromatic N) is 2. The molecule has 1 fully saturated rings. The van der Waals surface area contributed by atoms with Gasteiger partial charge in [0.15, 0.2) is 0 Å². The minimum absolute atomic E-state index is 0.0711. The molecule has 2 amide bonds. The lowest BCUT2D eigenvalue weighted by atomic mass is 9.86. The summed E-state index contributed by atoms with van der Waals surface area (Å²) in [5.41, 5.74) is 4.35. The van der Waals surface area contributed by atoms with Crippen molar-refractivity contribution in [2.45, 2.75) is 38.1 Å². The van der Waals surface area contributed by atoms with E-state index in [0.29, 0.717) is 30.0 Å². The van der Waals surface area contributed by atoms with Crippen molar-refractivity contribution in [2.75, 3.05) is 37.0 Å². The molecule has 1 atom stereocenters. The second-order valence-corrected chi connectivity index (χ2v) is 8.46. The van der Waals surface area contributed by atoms with Gasteiger partial charge in [-0.15, -0.1) is 0 Å². The van der Waals surface area contributed by atoms with Gasteiger partial charge in [0, 0.05) is 54.6 Å². The van der Waals surface area contributed by atoms with Crippen molar-refractivity contribution >= 4 is 23.2 Å². The number of amides is 2. The number of aryl methyl sites for hydroxylation is 1. The highest BCUT2D eigenvalue weighted by Gasteiger charge is 2.40. The average Bonchev–Trinajstić information content (AvgIpc) is 2.79. The Balaban J connectivity index is 1.55. The molecule has 0 spiro atoms. The number of methoxy groups -OCH3 is 1. The molecule has 162 valence electrons. The van der Waals surface area contributed by atoms with E-state index in [9.17, 15) is 14.7 Å². The molecule has 0 bridgehead atoms. The average molecular weight is 421 g/mol. The van der Waals surface area contributed by atoms with Crippen LogP contribution in [0.2, 0.25) is 0 Å². The van der Waals surface area contributed by atoms with Gasteiger partial charge < -0.3 is 25.0 Å². The number of nitrogens with one attached hydrogen (secondary N) is 1. The quantitative estimate of drug-likeness (QED) is 0.726. The molecule has 0 radical (unpaired) electrons. The van der Waals surface area contributed by atoms with E-state index < -0.39 is 6.04 Å². The maximum atomic E-state index is 13.4. The third kappa shape index (κ3) is 3.38. The van der Waals surface area contributed by atoms with Gasteiger partial charge in [0.25, 0.3) is 5.91 Å². The van der Waals surface area contributed by atoms with Crippen molar-refractivity contribution in [3.63, 3.8) is 0 Å². The van der Waals surface area contributed by atoms with Crippen LogP contribution in [0.15, 0.2) is 30.3 Å². The van der Waals surface area contributed by atoms with E-state index in [1.54, 1.807) is 36.3 Å². The highest BCUT2D eigenvalue weighted by molar-refractivity contribution is 5.99. The molecule has 2 aromatic carbocycles. The summed E-state index contributed by atoms with van der Waals surface area (Å²) in [7, 11) is 1.57. The highest BCUT2D eigenvalue weighted by Crippen LogP contribution is 2.45. The summed E-state index contributed by atoms with van der Waals surface area (Å²) < 4.78 is 5.25. The normalized spacial score (nSPS) is 18.2. The summed E-state index contributed by atoms with van der Waals surface area (Å²) in [6.45, 7) is 2.51. The number of carbonyl (C=O) groups excluding carboxylic acids is 2.